The van der Waals surface area contributed by atoms with Crippen molar-refractivity contribution in [2.45, 2.75) is 6.92 Å². The van der Waals surface area contributed by atoms with E-state index in [0.29, 0.717) is 17.0 Å². The van der Waals surface area contributed by atoms with E-state index in [1.807, 2.05) is 13.0 Å². The zero-order valence-corrected chi connectivity index (χ0v) is 13.1. The van der Waals surface area contributed by atoms with Crippen LogP contribution in [0.1, 0.15) is 5.69 Å². The van der Waals surface area contributed by atoms with E-state index in [2.05, 4.69) is 30.7 Å². The molecule has 2 N–H and O–H groups in total. The number of rotatable bonds is 3. The van der Waals surface area contributed by atoms with Crippen LogP contribution in [0, 0.1) is 18.6 Å². The number of hydrogen-bond acceptors (Lipinski definition) is 5. The van der Waals surface area contributed by atoms with Gasteiger partial charge in [-0.3, -0.25) is 5.10 Å². The largest absolute Gasteiger partial charge is 0.338 e. The van der Waals surface area contributed by atoms with Crippen molar-refractivity contribution in [2.75, 3.05) is 5.32 Å². The molecule has 8 heteroatoms. The first-order chi connectivity index (χ1) is 12.1. The summed E-state index contributed by atoms with van der Waals surface area (Å²) in [5.74, 6) is -0.907. The van der Waals surface area contributed by atoms with Crippen LogP contribution < -0.4 is 5.32 Å². The van der Waals surface area contributed by atoms with Gasteiger partial charge < -0.3 is 5.32 Å². The van der Waals surface area contributed by atoms with Crippen LogP contribution in [-0.4, -0.2) is 25.4 Å². The normalized spacial score (nSPS) is 11.0. The minimum atomic E-state index is -0.690. The molecule has 0 saturated heterocycles. The summed E-state index contributed by atoms with van der Waals surface area (Å²) in [4.78, 5) is 4.43. The van der Waals surface area contributed by atoms with Gasteiger partial charge in [0.05, 0.1) is 23.1 Å². The lowest BCUT2D eigenvalue weighted by Crippen LogP contribution is -1.98. The monoisotopic (exact) mass is 338 g/mol. The van der Waals surface area contributed by atoms with Crippen molar-refractivity contribution >= 4 is 22.4 Å². The molecule has 0 unspecified atom stereocenters. The smallest absolute Gasteiger partial charge is 0.149 e. The number of nitrogens with zero attached hydrogens (tertiary/aromatic N) is 4. The predicted octanol–water partition coefficient (Wildman–Crippen LogP) is 3.75. The van der Waals surface area contributed by atoms with E-state index in [0.717, 1.165) is 22.7 Å². The zero-order chi connectivity index (χ0) is 17.4. The first kappa shape index (κ1) is 15.1. The van der Waals surface area contributed by atoms with Gasteiger partial charge in [0.25, 0.3) is 0 Å². The van der Waals surface area contributed by atoms with Crippen LogP contribution in [0.3, 0.4) is 0 Å². The van der Waals surface area contributed by atoms with Crippen molar-refractivity contribution in [1.82, 2.24) is 25.4 Å². The first-order valence-electron chi connectivity index (χ1n) is 7.47. The van der Waals surface area contributed by atoms with Crippen molar-refractivity contribution in [3.05, 3.63) is 60.1 Å². The van der Waals surface area contributed by atoms with E-state index in [1.54, 1.807) is 12.3 Å². The summed E-state index contributed by atoms with van der Waals surface area (Å²) in [6, 6.07) is 6.84. The number of benzene rings is 1. The molecule has 0 aliphatic rings. The number of halogens is 2. The Labute approximate surface area is 140 Å². The molecule has 0 aliphatic carbocycles. The fraction of sp³-hybridized carbons (Fsp3) is 0.0588. The number of H-pyrrole nitrogens is 1. The second-order valence-electron chi connectivity index (χ2n) is 5.46. The molecule has 3 aromatic heterocycles. The highest BCUT2D eigenvalue weighted by Crippen LogP contribution is 2.28. The van der Waals surface area contributed by atoms with Crippen molar-refractivity contribution in [2.24, 2.45) is 0 Å². The van der Waals surface area contributed by atoms with E-state index in [4.69, 9.17) is 0 Å². The SMILES string of the molecule is Cc1n[nH]cc1-c1nncc2nc(Nc3ccc(F)cc3F)ccc12. The molecule has 0 aliphatic heterocycles. The number of anilines is 2. The number of aromatic nitrogens is 5. The number of fused-ring (bicyclic) bond motifs is 1. The van der Waals surface area contributed by atoms with Gasteiger partial charge in [-0.2, -0.15) is 10.2 Å². The summed E-state index contributed by atoms with van der Waals surface area (Å²) in [6.07, 6.45) is 3.28. The van der Waals surface area contributed by atoms with Gasteiger partial charge in [0.2, 0.25) is 0 Å². The summed E-state index contributed by atoms with van der Waals surface area (Å²) < 4.78 is 26.8. The molecule has 0 radical (unpaired) electrons. The van der Waals surface area contributed by atoms with Gasteiger partial charge in [0, 0.05) is 23.2 Å². The van der Waals surface area contributed by atoms with Crippen LogP contribution in [0.4, 0.5) is 20.3 Å². The fourth-order valence-electron chi connectivity index (χ4n) is 2.56. The number of pyridine rings is 1. The van der Waals surface area contributed by atoms with Crippen LogP contribution in [-0.2, 0) is 0 Å². The Morgan fingerprint density at radius 2 is 2.00 bits per heavy atom. The highest BCUT2D eigenvalue weighted by atomic mass is 19.1. The molecule has 4 aromatic rings. The Hall–Kier alpha value is -3.42. The van der Waals surface area contributed by atoms with Crippen molar-refractivity contribution in [1.29, 1.82) is 0 Å². The van der Waals surface area contributed by atoms with Gasteiger partial charge in [0.1, 0.15) is 23.1 Å². The molecular formula is C17H12F2N6. The van der Waals surface area contributed by atoms with Crippen LogP contribution in [0.2, 0.25) is 0 Å². The first-order valence-corrected chi connectivity index (χ1v) is 7.47. The van der Waals surface area contributed by atoms with E-state index in [-0.39, 0.29) is 5.69 Å². The fourth-order valence-corrected chi connectivity index (χ4v) is 2.56. The topological polar surface area (TPSA) is 79.4 Å². The van der Waals surface area contributed by atoms with Crippen molar-refractivity contribution < 1.29 is 8.78 Å². The van der Waals surface area contributed by atoms with E-state index < -0.39 is 11.6 Å². The summed E-state index contributed by atoms with van der Waals surface area (Å²) in [5.41, 5.74) is 3.04. The van der Waals surface area contributed by atoms with Crippen LogP contribution >= 0.6 is 0 Å². The van der Waals surface area contributed by atoms with Crippen LogP contribution in [0.25, 0.3) is 22.2 Å². The van der Waals surface area contributed by atoms with Crippen molar-refractivity contribution in [3.8, 4) is 11.3 Å². The number of aryl methyl sites for hydroxylation is 1. The molecule has 0 spiro atoms. The lowest BCUT2D eigenvalue weighted by Gasteiger charge is -2.09. The maximum Gasteiger partial charge on any atom is 0.149 e. The molecule has 0 bridgehead atoms. The van der Waals surface area contributed by atoms with Crippen LogP contribution in [0.5, 0.6) is 0 Å². The Bertz CT molecular complexity index is 1080. The van der Waals surface area contributed by atoms with E-state index in [1.165, 1.54) is 18.3 Å². The lowest BCUT2D eigenvalue weighted by atomic mass is 10.1. The molecule has 124 valence electrons. The molecule has 0 saturated carbocycles. The average Bonchev–Trinajstić information content (AvgIpc) is 3.02. The van der Waals surface area contributed by atoms with Gasteiger partial charge in [0.15, 0.2) is 0 Å². The maximum atomic E-state index is 13.8. The minimum absolute atomic E-state index is 0.140. The third-order valence-corrected chi connectivity index (χ3v) is 3.80. The van der Waals surface area contributed by atoms with Crippen LogP contribution in [0.15, 0.2) is 42.7 Å². The second-order valence-corrected chi connectivity index (χ2v) is 5.46. The molecule has 1 aromatic carbocycles. The Kier molecular flexibility index (Phi) is 3.57. The highest BCUT2D eigenvalue weighted by molar-refractivity contribution is 5.92. The molecule has 0 fully saturated rings. The molecule has 4 rings (SSSR count). The molecule has 6 nitrogen and oxygen atoms in total. The predicted molar refractivity (Wildman–Crippen MR) is 89.3 cm³/mol. The maximum absolute atomic E-state index is 13.8. The van der Waals surface area contributed by atoms with Crippen molar-refractivity contribution in [3.63, 3.8) is 0 Å². The Morgan fingerprint density at radius 1 is 1.12 bits per heavy atom. The van der Waals surface area contributed by atoms with Gasteiger partial charge in [-0.05, 0) is 31.2 Å². The third kappa shape index (κ3) is 2.78. The summed E-state index contributed by atoms with van der Waals surface area (Å²) >= 11 is 0. The average molecular weight is 338 g/mol. The van der Waals surface area contributed by atoms with Gasteiger partial charge in [-0.25, -0.2) is 13.8 Å². The lowest BCUT2D eigenvalue weighted by molar-refractivity contribution is 0.586. The second kappa shape index (κ2) is 5.90. The molecule has 0 amide bonds. The van der Waals surface area contributed by atoms with Gasteiger partial charge in [-0.1, -0.05) is 0 Å². The van der Waals surface area contributed by atoms with Gasteiger partial charge >= 0.3 is 0 Å². The third-order valence-electron chi connectivity index (χ3n) is 3.80. The number of nitrogens with one attached hydrogen (secondary N) is 2. The van der Waals surface area contributed by atoms with E-state index in [9.17, 15) is 8.78 Å². The summed E-state index contributed by atoms with van der Waals surface area (Å²) in [7, 11) is 0. The zero-order valence-electron chi connectivity index (χ0n) is 13.1. The number of aromatic amines is 1. The highest BCUT2D eigenvalue weighted by Gasteiger charge is 2.12. The molecule has 25 heavy (non-hydrogen) atoms. The Morgan fingerprint density at radius 3 is 2.76 bits per heavy atom. The minimum Gasteiger partial charge on any atom is -0.338 e. The molecule has 3 heterocycles. The van der Waals surface area contributed by atoms with Gasteiger partial charge in [-0.15, -0.1) is 5.10 Å². The summed E-state index contributed by atoms with van der Waals surface area (Å²) in [5, 5.41) is 18.7. The standard InChI is InChI=1S/C17H12F2N6/c1-9-12(7-20-24-9)17-11-3-5-16(23-15(11)8-21-25-17)22-14-4-2-10(18)6-13(14)19/h2-8H,1H3,(H,20,24)(H,22,23). The van der Waals surface area contributed by atoms with E-state index >= 15 is 0 Å². The molecular weight excluding hydrogens is 326 g/mol. The number of hydrogen-bond donors (Lipinski definition) is 2. The summed E-state index contributed by atoms with van der Waals surface area (Å²) in [6.45, 7) is 1.87. The Balaban J connectivity index is 1.75. The quantitative estimate of drug-likeness (QED) is 0.595. The molecule has 0 atom stereocenters.